The van der Waals surface area contributed by atoms with Crippen molar-refractivity contribution in [2.24, 2.45) is 0 Å². The molecule has 0 amide bonds. The van der Waals surface area contributed by atoms with Crippen LogP contribution in [0.1, 0.15) is 18.7 Å². The van der Waals surface area contributed by atoms with E-state index >= 15 is 0 Å². The van der Waals surface area contributed by atoms with Crippen LogP contribution < -0.4 is 20.5 Å². The van der Waals surface area contributed by atoms with Gasteiger partial charge in [0.05, 0.1) is 50.1 Å². The molecule has 4 aromatic rings. The molecular formula is C28H27N5O3S2. The normalized spacial score (nSPS) is 15.4. The highest BCUT2D eigenvalue weighted by atomic mass is 32.2. The first-order valence-corrected chi connectivity index (χ1v) is 14.0. The molecule has 2 aliphatic rings. The Kier molecular flexibility index (Phi) is 7.01. The number of H-pyrrole nitrogens is 1. The van der Waals surface area contributed by atoms with Gasteiger partial charge in [-0.3, -0.25) is 9.78 Å². The summed E-state index contributed by atoms with van der Waals surface area (Å²) in [5.41, 5.74) is 4.57. The number of methoxy groups -OCH3 is 1. The van der Waals surface area contributed by atoms with Crippen molar-refractivity contribution in [3.8, 4) is 17.1 Å². The number of ether oxygens (including phenoxy) is 2. The molecule has 1 atom stereocenters. The Labute approximate surface area is 229 Å². The predicted octanol–water partition coefficient (Wildman–Crippen LogP) is 5.47. The summed E-state index contributed by atoms with van der Waals surface area (Å²) in [6.45, 7) is 4.98. The van der Waals surface area contributed by atoms with Gasteiger partial charge in [-0.15, -0.1) is 0 Å². The standard InChI is InChI=1S/C28H27N5O3S2/c1-17(22-15-30-27(35-2)16-29-22)31-18-6-7-23-25(12-18)37-24-5-3-4-20(28(24)38-23)21-13-19(14-26(34)32-21)33-8-10-36-11-9-33/h3-7,12-17,31H,8-11H2,1-2H3,(H,32,34). The molecular weight excluding hydrogens is 518 g/mol. The van der Waals surface area contributed by atoms with E-state index in [2.05, 4.69) is 74.6 Å². The molecule has 1 fully saturated rings. The number of anilines is 2. The number of nitrogens with zero attached hydrogens (tertiary/aromatic N) is 3. The summed E-state index contributed by atoms with van der Waals surface area (Å²) < 4.78 is 10.6. The first kappa shape index (κ1) is 24.8. The van der Waals surface area contributed by atoms with Crippen LogP contribution in [-0.4, -0.2) is 48.4 Å². The third-order valence-electron chi connectivity index (χ3n) is 6.53. The fourth-order valence-electron chi connectivity index (χ4n) is 4.56. The van der Waals surface area contributed by atoms with Gasteiger partial charge in [-0.05, 0) is 37.3 Å². The van der Waals surface area contributed by atoms with Gasteiger partial charge in [-0.1, -0.05) is 35.7 Å². The number of hydrogen-bond acceptors (Lipinski definition) is 9. The number of rotatable bonds is 6. The largest absolute Gasteiger partial charge is 0.480 e. The molecule has 2 aliphatic heterocycles. The van der Waals surface area contributed by atoms with Crippen molar-refractivity contribution >= 4 is 34.9 Å². The average Bonchev–Trinajstić information content (AvgIpc) is 2.96. The lowest BCUT2D eigenvalue weighted by atomic mass is 10.1. The third kappa shape index (κ3) is 5.11. The molecule has 2 N–H and O–H groups in total. The van der Waals surface area contributed by atoms with E-state index in [1.165, 1.54) is 14.7 Å². The second-order valence-electron chi connectivity index (χ2n) is 9.06. The van der Waals surface area contributed by atoms with E-state index < -0.39 is 0 Å². The van der Waals surface area contributed by atoms with Gasteiger partial charge < -0.3 is 24.7 Å². The predicted molar refractivity (Wildman–Crippen MR) is 151 cm³/mol. The number of aromatic amines is 1. The minimum absolute atomic E-state index is 0.0119. The molecule has 1 saturated heterocycles. The molecule has 194 valence electrons. The van der Waals surface area contributed by atoms with Crippen molar-refractivity contribution in [3.05, 3.63) is 77.0 Å². The van der Waals surface area contributed by atoms with Crippen LogP contribution in [0, 0.1) is 0 Å². The van der Waals surface area contributed by atoms with Crippen LogP contribution in [0.5, 0.6) is 5.88 Å². The van der Waals surface area contributed by atoms with Crippen molar-refractivity contribution in [1.82, 2.24) is 15.0 Å². The maximum Gasteiger partial charge on any atom is 0.250 e. The Morgan fingerprint density at radius 3 is 2.68 bits per heavy atom. The van der Waals surface area contributed by atoms with Crippen molar-refractivity contribution in [3.63, 3.8) is 0 Å². The Balaban J connectivity index is 1.25. The number of hydrogen-bond donors (Lipinski definition) is 2. The van der Waals surface area contributed by atoms with Gasteiger partial charge in [0.15, 0.2) is 0 Å². The first-order valence-electron chi connectivity index (χ1n) is 12.4. The number of fused-ring (bicyclic) bond motifs is 2. The van der Waals surface area contributed by atoms with E-state index in [0.29, 0.717) is 19.1 Å². The highest BCUT2D eigenvalue weighted by Crippen LogP contribution is 2.52. The fraction of sp³-hybridized carbons (Fsp3) is 0.250. The van der Waals surface area contributed by atoms with E-state index in [4.69, 9.17) is 9.47 Å². The molecule has 2 aromatic heterocycles. The van der Waals surface area contributed by atoms with Crippen LogP contribution in [0.3, 0.4) is 0 Å². The topological polar surface area (TPSA) is 92.4 Å². The number of pyridine rings is 1. The Morgan fingerprint density at radius 2 is 1.89 bits per heavy atom. The lowest BCUT2D eigenvalue weighted by Crippen LogP contribution is -2.36. The first-order chi connectivity index (χ1) is 18.6. The summed E-state index contributed by atoms with van der Waals surface area (Å²) >= 11 is 3.48. The van der Waals surface area contributed by atoms with E-state index in [-0.39, 0.29) is 11.6 Å². The van der Waals surface area contributed by atoms with Gasteiger partial charge in [0, 0.05) is 55.7 Å². The summed E-state index contributed by atoms with van der Waals surface area (Å²) in [4.78, 5) is 31.3. The highest BCUT2D eigenvalue weighted by molar-refractivity contribution is 8.05. The molecule has 8 nitrogen and oxygen atoms in total. The summed E-state index contributed by atoms with van der Waals surface area (Å²) in [5.74, 6) is 0.498. The van der Waals surface area contributed by atoms with Crippen LogP contribution in [0.4, 0.5) is 11.4 Å². The minimum atomic E-state index is -0.0955. The van der Waals surface area contributed by atoms with Gasteiger partial charge in [-0.25, -0.2) is 4.98 Å². The molecule has 1 unspecified atom stereocenters. The summed E-state index contributed by atoms with van der Waals surface area (Å²) in [6.07, 6.45) is 3.36. The van der Waals surface area contributed by atoms with E-state index in [1.54, 1.807) is 49.1 Å². The molecule has 38 heavy (non-hydrogen) atoms. The van der Waals surface area contributed by atoms with Crippen LogP contribution in [0.15, 0.2) is 85.3 Å². The highest BCUT2D eigenvalue weighted by Gasteiger charge is 2.22. The number of aromatic nitrogens is 3. The lowest BCUT2D eigenvalue weighted by molar-refractivity contribution is 0.122. The van der Waals surface area contributed by atoms with Crippen molar-refractivity contribution < 1.29 is 9.47 Å². The molecule has 0 saturated carbocycles. The maximum absolute atomic E-state index is 12.6. The van der Waals surface area contributed by atoms with Gasteiger partial charge in [0.1, 0.15) is 0 Å². The molecule has 0 spiro atoms. The third-order valence-corrected chi connectivity index (χ3v) is 9.13. The van der Waals surface area contributed by atoms with Gasteiger partial charge >= 0.3 is 0 Å². The number of nitrogens with one attached hydrogen (secondary N) is 2. The zero-order chi connectivity index (χ0) is 26.1. The maximum atomic E-state index is 12.6. The number of morpholine rings is 1. The zero-order valence-electron chi connectivity index (χ0n) is 21.1. The molecule has 0 radical (unpaired) electrons. The van der Waals surface area contributed by atoms with Crippen molar-refractivity contribution in [1.29, 1.82) is 0 Å². The van der Waals surface area contributed by atoms with E-state index in [1.807, 2.05) is 0 Å². The van der Waals surface area contributed by atoms with Crippen LogP contribution in [0.2, 0.25) is 0 Å². The van der Waals surface area contributed by atoms with Crippen LogP contribution >= 0.6 is 23.5 Å². The Morgan fingerprint density at radius 1 is 1.03 bits per heavy atom. The lowest BCUT2D eigenvalue weighted by Gasteiger charge is -2.29. The fourth-order valence-corrected chi connectivity index (χ4v) is 6.97. The summed E-state index contributed by atoms with van der Waals surface area (Å²) in [7, 11) is 1.58. The molecule has 6 rings (SSSR count). The van der Waals surface area contributed by atoms with Crippen molar-refractivity contribution in [2.45, 2.75) is 32.5 Å². The van der Waals surface area contributed by atoms with Crippen LogP contribution in [-0.2, 0) is 4.74 Å². The Bertz CT molecular complexity index is 1520. The SMILES string of the molecule is COc1cnc(C(C)Nc2ccc3c(c2)Sc2cccc(-c4cc(N5CCOCC5)cc(=O)[nH]4)c2S3)cn1. The zero-order valence-corrected chi connectivity index (χ0v) is 22.7. The summed E-state index contributed by atoms with van der Waals surface area (Å²) in [5, 5.41) is 3.53. The molecule has 0 bridgehead atoms. The van der Waals surface area contributed by atoms with Gasteiger partial charge in [0.25, 0.3) is 0 Å². The molecule has 0 aliphatic carbocycles. The van der Waals surface area contributed by atoms with Crippen LogP contribution in [0.25, 0.3) is 11.3 Å². The summed E-state index contributed by atoms with van der Waals surface area (Å²) in [6, 6.07) is 16.4. The quantitative estimate of drug-likeness (QED) is 0.288. The second-order valence-corrected chi connectivity index (χ2v) is 11.2. The molecule has 4 heterocycles. The average molecular weight is 546 g/mol. The minimum Gasteiger partial charge on any atom is -0.480 e. The van der Waals surface area contributed by atoms with E-state index in [9.17, 15) is 4.79 Å². The second kappa shape index (κ2) is 10.7. The van der Waals surface area contributed by atoms with Crippen molar-refractivity contribution in [2.75, 3.05) is 43.6 Å². The molecule has 2 aromatic carbocycles. The Hall–Kier alpha value is -3.47. The van der Waals surface area contributed by atoms with Gasteiger partial charge in [0.2, 0.25) is 11.4 Å². The van der Waals surface area contributed by atoms with Gasteiger partial charge in [-0.2, -0.15) is 0 Å². The monoisotopic (exact) mass is 545 g/mol. The molecule has 10 heteroatoms. The smallest absolute Gasteiger partial charge is 0.250 e. The van der Waals surface area contributed by atoms with E-state index in [0.717, 1.165) is 46.3 Å². The number of benzene rings is 2.